The van der Waals surface area contributed by atoms with Crippen LogP contribution in [0.1, 0.15) is 29.1 Å². The molecule has 4 nitrogen and oxygen atoms in total. The van der Waals surface area contributed by atoms with Crippen LogP contribution in [0, 0.1) is 20.8 Å². The first-order chi connectivity index (χ1) is 10.1. The van der Waals surface area contributed by atoms with Crippen molar-refractivity contribution in [2.45, 2.75) is 33.6 Å². The molecule has 0 N–H and O–H groups in total. The van der Waals surface area contributed by atoms with Crippen LogP contribution in [0.3, 0.4) is 0 Å². The maximum atomic E-state index is 11.1. The molecule has 1 amide bonds. The lowest BCUT2D eigenvalue weighted by atomic mass is 9.97. The van der Waals surface area contributed by atoms with E-state index in [0.29, 0.717) is 0 Å². The number of aryl methyl sites for hydroxylation is 3. The number of aromatic nitrogens is 2. The molecule has 1 aromatic heterocycles. The molecule has 0 radical (unpaired) electrons. The summed E-state index contributed by atoms with van der Waals surface area (Å²) >= 11 is 0. The Labute approximate surface area is 124 Å². The van der Waals surface area contributed by atoms with Gasteiger partial charge in [-0.3, -0.25) is 4.79 Å². The molecule has 108 valence electrons. The van der Waals surface area contributed by atoms with Crippen molar-refractivity contribution >= 4 is 12.1 Å². The molecule has 0 fully saturated rings. The fraction of sp³-hybridized carbons (Fsp3) is 0.353. The highest BCUT2D eigenvalue weighted by molar-refractivity contribution is 5.80. The number of carbonyl (C=O) groups excluding carboxylic acids is 1. The minimum atomic E-state index is 0.792. The van der Waals surface area contributed by atoms with E-state index in [1.165, 1.54) is 5.56 Å². The summed E-state index contributed by atoms with van der Waals surface area (Å²) in [5.41, 5.74) is 6.48. The van der Waals surface area contributed by atoms with Crippen LogP contribution in [-0.2, 0) is 11.2 Å². The van der Waals surface area contributed by atoms with E-state index in [0.717, 1.165) is 59.8 Å². The molecule has 2 aromatic rings. The monoisotopic (exact) mass is 281 g/mol. The number of hydrogen-bond donors (Lipinski definition) is 0. The maximum absolute atomic E-state index is 11.1. The zero-order valence-corrected chi connectivity index (χ0v) is 12.7. The highest BCUT2D eigenvalue weighted by atomic mass is 16.1. The van der Waals surface area contributed by atoms with Crippen molar-refractivity contribution in [3.8, 4) is 11.3 Å². The van der Waals surface area contributed by atoms with E-state index in [9.17, 15) is 4.79 Å². The van der Waals surface area contributed by atoms with Gasteiger partial charge in [0.15, 0.2) is 0 Å². The van der Waals surface area contributed by atoms with Crippen molar-refractivity contribution in [3.63, 3.8) is 0 Å². The SMILES string of the molecule is Cc1nc(C)c(C)c(-c2ccc3c(c2)CCCN3C=O)n1. The summed E-state index contributed by atoms with van der Waals surface area (Å²) in [5, 5.41) is 0. The normalized spacial score (nSPS) is 14.0. The van der Waals surface area contributed by atoms with Crippen LogP contribution in [0.15, 0.2) is 18.2 Å². The molecule has 0 unspecified atom stereocenters. The fourth-order valence-electron chi connectivity index (χ4n) is 2.93. The number of amides is 1. The van der Waals surface area contributed by atoms with E-state index >= 15 is 0 Å². The highest BCUT2D eigenvalue weighted by Gasteiger charge is 2.18. The lowest BCUT2D eigenvalue weighted by molar-refractivity contribution is -0.107. The van der Waals surface area contributed by atoms with Gasteiger partial charge in [0.05, 0.1) is 5.69 Å². The zero-order valence-electron chi connectivity index (χ0n) is 12.7. The maximum Gasteiger partial charge on any atom is 0.214 e. The molecule has 1 aliphatic heterocycles. The molecule has 21 heavy (non-hydrogen) atoms. The Morgan fingerprint density at radius 3 is 2.76 bits per heavy atom. The number of fused-ring (bicyclic) bond motifs is 1. The van der Waals surface area contributed by atoms with Crippen molar-refractivity contribution in [2.75, 3.05) is 11.4 Å². The van der Waals surface area contributed by atoms with Gasteiger partial charge in [-0.15, -0.1) is 0 Å². The first-order valence-corrected chi connectivity index (χ1v) is 7.27. The molecule has 3 rings (SSSR count). The summed E-state index contributed by atoms with van der Waals surface area (Å²) in [5.74, 6) is 0.792. The Kier molecular flexibility index (Phi) is 3.45. The Hall–Kier alpha value is -2.23. The topological polar surface area (TPSA) is 46.1 Å². The number of nitrogens with zero attached hydrogens (tertiary/aromatic N) is 3. The van der Waals surface area contributed by atoms with Crippen molar-refractivity contribution in [3.05, 3.63) is 40.8 Å². The second-order valence-electron chi connectivity index (χ2n) is 5.58. The molecule has 0 spiro atoms. The van der Waals surface area contributed by atoms with Gasteiger partial charge in [-0.25, -0.2) is 9.97 Å². The van der Waals surface area contributed by atoms with Gasteiger partial charge in [0, 0.05) is 23.5 Å². The number of hydrogen-bond acceptors (Lipinski definition) is 3. The van der Waals surface area contributed by atoms with Crippen LogP contribution in [0.2, 0.25) is 0 Å². The lowest BCUT2D eigenvalue weighted by Gasteiger charge is -2.26. The third kappa shape index (κ3) is 2.42. The second-order valence-corrected chi connectivity index (χ2v) is 5.58. The molecule has 1 aromatic carbocycles. The third-order valence-electron chi connectivity index (χ3n) is 4.14. The standard InChI is InChI=1S/C17H19N3O/c1-11-12(2)18-13(3)19-17(11)15-6-7-16-14(9-15)5-4-8-20(16)10-21/h6-7,9-10H,4-5,8H2,1-3H3. The Morgan fingerprint density at radius 1 is 1.19 bits per heavy atom. The minimum absolute atomic E-state index is 0.792. The van der Waals surface area contributed by atoms with Gasteiger partial charge in [0.1, 0.15) is 5.82 Å². The van der Waals surface area contributed by atoms with E-state index in [-0.39, 0.29) is 0 Å². The Morgan fingerprint density at radius 2 is 2.00 bits per heavy atom. The van der Waals surface area contributed by atoms with Gasteiger partial charge in [-0.1, -0.05) is 6.07 Å². The van der Waals surface area contributed by atoms with E-state index < -0.39 is 0 Å². The first kappa shape index (κ1) is 13.7. The van der Waals surface area contributed by atoms with Gasteiger partial charge in [0.25, 0.3) is 0 Å². The fourth-order valence-corrected chi connectivity index (χ4v) is 2.93. The number of benzene rings is 1. The molecule has 0 saturated heterocycles. The van der Waals surface area contributed by atoms with Crippen molar-refractivity contribution in [1.29, 1.82) is 0 Å². The Balaban J connectivity index is 2.11. The molecule has 4 heteroatoms. The molecule has 0 aliphatic carbocycles. The molecule has 0 bridgehead atoms. The number of rotatable bonds is 2. The highest BCUT2D eigenvalue weighted by Crippen LogP contribution is 2.31. The van der Waals surface area contributed by atoms with E-state index in [2.05, 4.69) is 29.0 Å². The average Bonchev–Trinajstić information content (AvgIpc) is 2.49. The third-order valence-corrected chi connectivity index (χ3v) is 4.14. The van der Waals surface area contributed by atoms with E-state index in [1.54, 1.807) is 4.90 Å². The average molecular weight is 281 g/mol. The predicted molar refractivity (Wildman–Crippen MR) is 83.4 cm³/mol. The predicted octanol–water partition coefficient (Wildman–Crippen LogP) is 2.98. The smallest absolute Gasteiger partial charge is 0.214 e. The van der Waals surface area contributed by atoms with Gasteiger partial charge in [-0.2, -0.15) is 0 Å². The first-order valence-electron chi connectivity index (χ1n) is 7.27. The summed E-state index contributed by atoms with van der Waals surface area (Å²) in [6.45, 7) is 6.80. The number of carbonyl (C=O) groups is 1. The van der Waals surface area contributed by atoms with Crippen LogP contribution in [0.4, 0.5) is 5.69 Å². The van der Waals surface area contributed by atoms with Crippen LogP contribution in [-0.4, -0.2) is 22.9 Å². The van der Waals surface area contributed by atoms with Crippen LogP contribution < -0.4 is 4.90 Å². The van der Waals surface area contributed by atoms with Crippen molar-refractivity contribution < 1.29 is 4.79 Å². The summed E-state index contributed by atoms with van der Waals surface area (Å²) < 4.78 is 0. The Bertz CT molecular complexity index is 709. The van der Waals surface area contributed by atoms with E-state index in [1.807, 2.05) is 19.9 Å². The summed E-state index contributed by atoms with van der Waals surface area (Å²) in [7, 11) is 0. The summed E-state index contributed by atoms with van der Waals surface area (Å²) in [6.07, 6.45) is 2.94. The van der Waals surface area contributed by atoms with Crippen molar-refractivity contribution in [1.82, 2.24) is 9.97 Å². The van der Waals surface area contributed by atoms with Crippen LogP contribution >= 0.6 is 0 Å². The van der Waals surface area contributed by atoms with Crippen molar-refractivity contribution in [2.24, 2.45) is 0 Å². The molecule has 0 saturated carbocycles. The summed E-state index contributed by atoms with van der Waals surface area (Å²) in [4.78, 5) is 21.9. The van der Waals surface area contributed by atoms with Crippen LogP contribution in [0.25, 0.3) is 11.3 Å². The lowest BCUT2D eigenvalue weighted by Crippen LogP contribution is -2.27. The largest absolute Gasteiger partial charge is 0.315 e. The molecule has 0 atom stereocenters. The van der Waals surface area contributed by atoms with Gasteiger partial charge >= 0.3 is 0 Å². The molecular formula is C17H19N3O. The quantitative estimate of drug-likeness (QED) is 0.795. The van der Waals surface area contributed by atoms with Gasteiger partial charge in [-0.05, 0) is 56.9 Å². The zero-order chi connectivity index (χ0) is 15.0. The number of anilines is 1. The second kappa shape index (κ2) is 5.28. The van der Waals surface area contributed by atoms with Gasteiger partial charge < -0.3 is 4.90 Å². The van der Waals surface area contributed by atoms with Crippen LogP contribution in [0.5, 0.6) is 0 Å². The minimum Gasteiger partial charge on any atom is -0.315 e. The molecular weight excluding hydrogens is 262 g/mol. The molecule has 2 heterocycles. The van der Waals surface area contributed by atoms with E-state index in [4.69, 9.17) is 0 Å². The molecule has 1 aliphatic rings. The summed E-state index contributed by atoms with van der Waals surface area (Å²) in [6, 6.07) is 6.25. The van der Waals surface area contributed by atoms with Gasteiger partial charge in [0.2, 0.25) is 6.41 Å².